The molecule has 3 rings (SSSR count). The fourth-order valence-electron chi connectivity index (χ4n) is 2.25. The highest BCUT2D eigenvalue weighted by molar-refractivity contribution is 7.80. The zero-order chi connectivity index (χ0) is 16.4. The summed E-state index contributed by atoms with van der Waals surface area (Å²) >= 11 is 11.4. The van der Waals surface area contributed by atoms with Crippen molar-refractivity contribution in [2.24, 2.45) is 0 Å². The van der Waals surface area contributed by atoms with Crippen molar-refractivity contribution in [3.8, 4) is 5.75 Å². The molecule has 0 saturated carbocycles. The Balaban J connectivity index is 1.92. The third-order valence-corrected chi connectivity index (χ3v) is 4.04. The molecule has 1 amide bonds. The molecule has 0 aromatic heterocycles. The SMILES string of the molecule is COc1ccc(N2C(=O)/C(=C/c3ccccc3Cl)NC2=S)cc1. The van der Waals surface area contributed by atoms with E-state index in [-0.39, 0.29) is 5.91 Å². The van der Waals surface area contributed by atoms with E-state index in [2.05, 4.69) is 5.32 Å². The minimum atomic E-state index is -0.222. The number of nitrogens with zero attached hydrogens (tertiary/aromatic N) is 1. The van der Waals surface area contributed by atoms with Gasteiger partial charge in [0.1, 0.15) is 11.4 Å². The van der Waals surface area contributed by atoms with Crippen molar-refractivity contribution in [2.45, 2.75) is 0 Å². The molecule has 2 aromatic carbocycles. The van der Waals surface area contributed by atoms with E-state index in [0.717, 1.165) is 5.56 Å². The molecular formula is C17H13ClN2O2S. The normalized spacial score (nSPS) is 15.9. The molecule has 1 aliphatic heterocycles. The molecule has 6 heteroatoms. The quantitative estimate of drug-likeness (QED) is 0.682. The molecule has 4 nitrogen and oxygen atoms in total. The zero-order valence-electron chi connectivity index (χ0n) is 12.2. The van der Waals surface area contributed by atoms with Crippen LogP contribution in [0.5, 0.6) is 5.75 Å². The van der Waals surface area contributed by atoms with Crippen molar-refractivity contribution in [3.63, 3.8) is 0 Å². The van der Waals surface area contributed by atoms with E-state index in [1.54, 1.807) is 43.5 Å². The van der Waals surface area contributed by atoms with Gasteiger partial charge in [-0.25, -0.2) is 0 Å². The van der Waals surface area contributed by atoms with Gasteiger partial charge in [-0.1, -0.05) is 29.8 Å². The van der Waals surface area contributed by atoms with E-state index in [0.29, 0.717) is 27.3 Å². The number of anilines is 1. The first-order chi connectivity index (χ1) is 11.1. The van der Waals surface area contributed by atoms with Gasteiger partial charge >= 0.3 is 0 Å². The number of thiocarbonyl (C=S) groups is 1. The predicted molar refractivity (Wildman–Crippen MR) is 95.6 cm³/mol. The molecule has 0 radical (unpaired) electrons. The van der Waals surface area contributed by atoms with Gasteiger partial charge in [-0.3, -0.25) is 9.69 Å². The molecule has 116 valence electrons. The van der Waals surface area contributed by atoms with Crippen LogP contribution < -0.4 is 15.0 Å². The summed E-state index contributed by atoms with van der Waals surface area (Å²) < 4.78 is 5.12. The monoisotopic (exact) mass is 344 g/mol. The summed E-state index contributed by atoms with van der Waals surface area (Å²) in [6.45, 7) is 0. The minimum absolute atomic E-state index is 0.222. The summed E-state index contributed by atoms with van der Waals surface area (Å²) in [6.07, 6.45) is 1.69. The van der Waals surface area contributed by atoms with E-state index >= 15 is 0 Å². The minimum Gasteiger partial charge on any atom is -0.497 e. The van der Waals surface area contributed by atoms with Crippen LogP contribution in [0.3, 0.4) is 0 Å². The number of halogens is 1. The first-order valence-electron chi connectivity index (χ1n) is 6.86. The highest BCUT2D eigenvalue weighted by Crippen LogP contribution is 2.26. The van der Waals surface area contributed by atoms with Crippen molar-refractivity contribution in [1.29, 1.82) is 0 Å². The molecule has 23 heavy (non-hydrogen) atoms. The highest BCUT2D eigenvalue weighted by Gasteiger charge is 2.32. The van der Waals surface area contributed by atoms with Crippen LogP contribution in [0.15, 0.2) is 54.2 Å². The smallest absolute Gasteiger partial charge is 0.281 e. The summed E-state index contributed by atoms with van der Waals surface area (Å²) in [4.78, 5) is 14.1. The molecule has 2 aromatic rings. The van der Waals surface area contributed by atoms with Crippen molar-refractivity contribution >= 4 is 46.6 Å². The van der Waals surface area contributed by atoms with Crippen molar-refractivity contribution in [1.82, 2.24) is 5.32 Å². The molecular weight excluding hydrogens is 332 g/mol. The second-order valence-corrected chi connectivity index (χ2v) is 5.64. The van der Waals surface area contributed by atoms with Gasteiger partial charge < -0.3 is 10.1 Å². The summed E-state index contributed by atoms with van der Waals surface area (Å²) in [7, 11) is 1.59. The fourth-order valence-corrected chi connectivity index (χ4v) is 2.74. The van der Waals surface area contributed by atoms with Gasteiger partial charge in [-0.2, -0.15) is 0 Å². The predicted octanol–water partition coefficient (Wildman–Crippen LogP) is 3.61. The van der Waals surface area contributed by atoms with Crippen LogP contribution in [-0.2, 0) is 4.79 Å². The first kappa shape index (κ1) is 15.5. The van der Waals surface area contributed by atoms with E-state index in [9.17, 15) is 4.79 Å². The Morgan fingerprint density at radius 2 is 1.87 bits per heavy atom. The lowest BCUT2D eigenvalue weighted by atomic mass is 10.2. The second-order valence-electron chi connectivity index (χ2n) is 4.85. The highest BCUT2D eigenvalue weighted by atomic mass is 35.5. The number of methoxy groups -OCH3 is 1. The van der Waals surface area contributed by atoms with Gasteiger partial charge in [-0.15, -0.1) is 0 Å². The third kappa shape index (κ3) is 3.06. The Labute approximate surface area is 144 Å². The van der Waals surface area contributed by atoms with Gasteiger partial charge in [0, 0.05) is 5.02 Å². The molecule has 1 saturated heterocycles. The molecule has 1 heterocycles. The molecule has 1 N–H and O–H groups in total. The van der Waals surface area contributed by atoms with Crippen molar-refractivity contribution < 1.29 is 9.53 Å². The van der Waals surface area contributed by atoms with E-state index < -0.39 is 0 Å². The van der Waals surface area contributed by atoms with Gasteiger partial charge in [-0.05, 0) is 54.2 Å². The van der Waals surface area contributed by atoms with Gasteiger partial charge in [0.2, 0.25) is 0 Å². The Hall–Kier alpha value is -2.37. The number of hydrogen-bond acceptors (Lipinski definition) is 3. The maximum absolute atomic E-state index is 12.6. The van der Waals surface area contributed by atoms with Crippen LogP contribution >= 0.6 is 23.8 Å². The Morgan fingerprint density at radius 3 is 2.52 bits per heavy atom. The molecule has 0 spiro atoms. The Kier molecular flexibility index (Phi) is 4.32. The summed E-state index contributed by atoms with van der Waals surface area (Å²) in [5.41, 5.74) is 1.82. The lowest BCUT2D eigenvalue weighted by Gasteiger charge is -2.14. The van der Waals surface area contributed by atoms with Gasteiger partial charge in [0.25, 0.3) is 5.91 Å². The number of ether oxygens (including phenoxy) is 1. The number of rotatable bonds is 3. The lowest BCUT2D eigenvalue weighted by molar-refractivity contribution is -0.113. The standard InChI is InChI=1S/C17H13ClN2O2S/c1-22-13-8-6-12(7-9-13)20-16(21)15(19-17(20)23)10-11-4-2-3-5-14(11)18/h2-10H,1H3,(H,19,23)/b15-10-. The van der Waals surface area contributed by atoms with Gasteiger partial charge in [0.15, 0.2) is 5.11 Å². The third-order valence-electron chi connectivity index (χ3n) is 3.41. The maximum atomic E-state index is 12.6. The number of carbonyl (C=O) groups excluding carboxylic acids is 1. The van der Waals surface area contributed by atoms with Crippen molar-refractivity contribution in [3.05, 3.63) is 64.8 Å². The largest absolute Gasteiger partial charge is 0.497 e. The number of benzene rings is 2. The van der Waals surface area contributed by atoms with Crippen LogP contribution in [0, 0.1) is 0 Å². The fraction of sp³-hybridized carbons (Fsp3) is 0.0588. The molecule has 0 unspecified atom stereocenters. The number of amides is 1. The zero-order valence-corrected chi connectivity index (χ0v) is 13.8. The number of carbonyl (C=O) groups is 1. The van der Waals surface area contributed by atoms with E-state index in [1.165, 1.54) is 4.90 Å². The lowest BCUT2D eigenvalue weighted by Crippen LogP contribution is -2.30. The van der Waals surface area contributed by atoms with Crippen LogP contribution in [0.4, 0.5) is 5.69 Å². The topological polar surface area (TPSA) is 41.6 Å². The first-order valence-corrected chi connectivity index (χ1v) is 7.64. The van der Waals surface area contributed by atoms with E-state index in [1.807, 2.05) is 18.2 Å². The Bertz CT molecular complexity index is 802. The molecule has 1 aliphatic rings. The summed E-state index contributed by atoms with van der Waals surface area (Å²) in [5.74, 6) is 0.492. The average molecular weight is 345 g/mol. The molecule has 0 atom stereocenters. The maximum Gasteiger partial charge on any atom is 0.281 e. The Morgan fingerprint density at radius 1 is 1.17 bits per heavy atom. The van der Waals surface area contributed by atoms with Crippen LogP contribution in [0.2, 0.25) is 5.02 Å². The number of nitrogens with one attached hydrogen (secondary N) is 1. The van der Waals surface area contributed by atoms with Crippen LogP contribution in [0.1, 0.15) is 5.56 Å². The molecule has 1 fully saturated rings. The summed E-state index contributed by atoms with van der Waals surface area (Å²) in [5, 5.41) is 3.84. The van der Waals surface area contributed by atoms with Crippen LogP contribution in [0.25, 0.3) is 6.08 Å². The second kappa shape index (κ2) is 6.40. The molecule has 0 bridgehead atoms. The molecule has 0 aliphatic carbocycles. The average Bonchev–Trinajstić information content (AvgIpc) is 2.84. The van der Waals surface area contributed by atoms with Crippen molar-refractivity contribution in [2.75, 3.05) is 12.0 Å². The summed E-state index contributed by atoms with van der Waals surface area (Å²) in [6, 6.07) is 14.4. The van der Waals surface area contributed by atoms with Crippen LogP contribution in [-0.4, -0.2) is 18.1 Å². The van der Waals surface area contributed by atoms with Gasteiger partial charge in [0.05, 0.1) is 12.8 Å². The number of hydrogen-bond donors (Lipinski definition) is 1. The van der Waals surface area contributed by atoms with E-state index in [4.69, 9.17) is 28.6 Å².